The lowest BCUT2D eigenvalue weighted by Gasteiger charge is -2.30. The quantitative estimate of drug-likeness (QED) is 0.359. The van der Waals surface area contributed by atoms with Gasteiger partial charge in [0.15, 0.2) is 0 Å². The molecular weight excluding hydrogens is 340 g/mol. The molecule has 8 heteroatoms. The normalized spacial score (nSPS) is 13.0. The number of hydrogen-bond acceptors (Lipinski definition) is 7. The van der Waals surface area contributed by atoms with Gasteiger partial charge in [0.25, 0.3) is 0 Å². The third kappa shape index (κ3) is 10.4. The Morgan fingerprint density at radius 2 is 1.62 bits per heavy atom. The molecule has 0 bridgehead atoms. The van der Waals surface area contributed by atoms with Crippen LogP contribution >= 0.6 is 0 Å². The lowest BCUT2D eigenvalue weighted by molar-refractivity contribution is -0.160. The standard InChI is InChI=1S/C18H34N2O6/c1-13(21)25-11-10-19-8-7-9-20-15(23)14(22)18(5,6)12-26-16(24)17(2,3)4/h14,19,22H,7-12H2,1-6H3,(H,20,23). The summed E-state index contributed by atoms with van der Waals surface area (Å²) in [6.07, 6.45) is -0.620. The minimum atomic E-state index is -1.29. The molecule has 0 radical (unpaired) electrons. The van der Waals surface area contributed by atoms with Crippen molar-refractivity contribution >= 4 is 17.8 Å². The summed E-state index contributed by atoms with van der Waals surface area (Å²) in [5, 5.41) is 16.0. The van der Waals surface area contributed by atoms with E-state index in [0.29, 0.717) is 32.7 Å². The van der Waals surface area contributed by atoms with Gasteiger partial charge in [-0.25, -0.2) is 0 Å². The highest BCUT2D eigenvalue weighted by Gasteiger charge is 2.36. The topological polar surface area (TPSA) is 114 Å². The van der Waals surface area contributed by atoms with Crippen LogP contribution in [0.2, 0.25) is 0 Å². The van der Waals surface area contributed by atoms with E-state index >= 15 is 0 Å². The molecule has 26 heavy (non-hydrogen) atoms. The number of esters is 2. The fraction of sp³-hybridized carbons (Fsp3) is 0.833. The maximum absolute atomic E-state index is 12.1. The van der Waals surface area contributed by atoms with Gasteiger partial charge < -0.3 is 25.2 Å². The summed E-state index contributed by atoms with van der Waals surface area (Å²) in [4.78, 5) is 34.5. The second kappa shape index (κ2) is 11.1. The number of carbonyl (C=O) groups excluding carboxylic acids is 3. The van der Waals surface area contributed by atoms with Gasteiger partial charge >= 0.3 is 11.9 Å². The number of hydrogen-bond donors (Lipinski definition) is 3. The van der Waals surface area contributed by atoms with Crippen molar-refractivity contribution in [2.75, 3.05) is 32.8 Å². The molecule has 0 spiro atoms. The monoisotopic (exact) mass is 374 g/mol. The van der Waals surface area contributed by atoms with Gasteiger partial charge in [-0.3, -0.25) is 14.4 Å². The Morgan fingerprint density at radius 1 is 1.00 bits per heavy atom. The zero-order valence-corrected chi connectivity index (χ0v) is 16.8. The Kier molecular flexibility index (Phi) is 10.4. The highest BCUT2D eigenvalue weighted by molar-refractivity contribution is 5.81. The van der Waals surface area contributed by atoms with Gasteiger partial charge in [-0.15, -0.1) is 0 Å². The van der Waals surface area contributed by atoms with Crippen molar-refractivity contribution in [3.63, 3.8) is 0 Å². The van der Waals surface area contributed by atoms with E-state index in [4.69, 9.17) is 9.47 Å². The highest BCUT2D eigenvalue weighted by Crippen LogP contribution is 2.24. The minimum Gasteiger partial charge on any atom is -0.465 e. The smallest absolute Gasteiger partial charge is 0.311 e. The summed E-state index contributed by atoms with van der Waals surface area (Å²) >= 11 is 0. The zero-order valence-electron chi connectivity index (χ0n) is 16.8. The average molecular weight is 374 g/mol. The molecule has 0 aromatic carbocycles. The average Bonchev–Trinajstić information content (AvgIpc) is 2.52. The van der Waals surface area contributed by atoms with Crippen LogP contribution in [-0.4, -0.2) is 61.9 Å². The Balaban J connectivity index is 4.05. The second-order valence-electron chi connectivity index (χ2n) is 7.95. The van der Waals surface area contributed by atoms with E-state index in [1.807, 2.05) is 0 Å². The number of aliphatic hydroxyl groups is 1. The molecule has 8 nitrogen and oxygen atoms in total. The largest absolute Gasteiger partial charge is 0.465 e. The van der Waals surface area contributed by atoms with Crippen LogP contribution in [-0.2, 0) is 23.9 Å². The predicted octanol–water partition coefficient (Wildman–Crippen LogP) is 0.622. The molecule has 0 saturated carbocycles. The molecule has 0 saturated heterocycles. The Bertz CT molecular complexity index is 471. The molecule has 0 aliphatic carbocycles. The zero-order chi connectivity index (χ0) is 20.4. The number of rotatable bonds is 11. The van der Waals surface area contributed by atoms with Gasteiger partial charge in [-0.1, -0.05) is 13.8 Å². The number of amides is 1. The Labute approximate surface area is 156 Å². The van der Waals surface area contributed by atoms with Gasteiger partial charge in [0.05, 0.1) is 12.0 Å². The van der Waals surface area contributed by atoms with Crippen LogP contribution in [0.25, 0.3) is 0 Å². The Hall–Kier alpha value is -1.67. The predicted molar refractivity (Wildman–Crippen MR) is 97.3 cm³/mol. The van der Waals surface area contributed by atoms with Crippen LogP contribution in [0.5, 0.6) is 0 Å². The van der Waals surface area contributed by atoms with Crippen LogP contribution in [0.3, 0.4) is 0 Å². The van der Waals surface area contributed by atoms with Crippen LogP contribution < -0.4 is 10.6 Å². The first kappa shape index (κ1) is 24.3. The molecular formula is C18H34N2O6. The molecule has 0 aliphatic rings. The van der Waals surface area contributed by atoms with E-state index in [2.05, 4.69) is 10.6 Å². The molecule has 1 unspecified atom stereocenters. The van der Waals surface area contributed by atoms with E-state index in [1.54, 1.807) is 34.6 Å². The van der Waals surface area contributed by atoms with Crippen molar-refractivity contribution in [1.29, 1.82) is 0 Å². The molecule has 3 N–H and O–H groups in total. The van der Waals surface area contributed by atoms with Crippen LogP contribution in [0.1, 0.15) is 48.0 Å². The molecule has 0 heterocycles. The third-order valence-electron chi connectivity index (χ3n) is 3.59. The molecule has 152 valence electrons. The molecule has 0 fully saturated rings. The first-order valence-electron chi connectivity index (χ1n) is 8.85. The first-order valence-corrected chi connectivity index (χ1v) is 8.85. The van der Waals surface area contributed by atoms with Crippen molar-refractivity contribution < 1.29 is 29.0 Å². The maximum Gasteiger partial charge on any atom is 0.311 e. The van der Waals surface area contributed by atoms with Gasteiger partial charge in [-0.2, -0.15) is 0 Å². The van der Waals surface area contributed by atoms with Gasteiger partial charge in [0.2, 0.25) is 5.91 Å². The second-order valence-corrected chi connectivity index (χ2v) is 7.95. The van der Waals surface area contributed by atoms with Crippen molar-refractivity contribution in [2.45, 2.75) is 54.1 Å². The van der Waals surface area contributed by atoms with Crippen molar-refractivity contribution in [3.05, 3.63) is 0 Å². The first-order chi connectivity index (χ1) is 11.9. The number of ether oxygens (including phenoxy) is 2. The van der Waals surface area contributed by atoms with E-state index in [-0.39, 0.29) is 18.5 Å². The molecule has 0 rings (SSSR count). The third-order valence-corrected chi connectivity index (χ3v) is 3.59. The number of aliphatic hydroxyl groups excluding tert-OH is 1. The highest BCUT2D eigenvalue weighted by atomic mass is 16.5. The van der Waals surface area contributed by atoms with Crippen molar-refractivity contribution in [3.8, 4) is 0 Å². The number of nitrogens with one attached hydrogen (secondary N) is 2. The Morgan fingerprint density at radius 3 is 2.15 bits per heavy atom. The van der Waals surface area contributed by atoms with E-state index in [0.717, 1.165) is 0 Å². The molecule has 1 atom stereocenters. The van der Waals surface area contributed by atoms with Crippen molar-refractivity contribution in [1.82, 2.24) is 10.6 Å². The van der Waals surface area contributed by atoms with Crippen LogP contribution in [0.4, 0.5) is 0 Å². The van der Waals surface area contributed by atoms with Crippen LogP contribution in [0, 0.1) is 10.8 Å². The fourth-order valence-corrected chi connectivity index (χ4v) is 1.82. The van der Waals surface area contributed by atoms with Crippen LogP contribution in [0.15, 0.2) is 0 Å². The minimum absolute atomic E-state index is 0.0462. The van der Waals surface area contributed by atoms with E-state index < -0.39 is 22.8 Å². The van der Waals surface area contributed by atoms with Gasteiger partial charge in [0, 0.05) is 25.4 Å². The van der Waals surface area contributed by atoms with E-state index in [1.165, 1.54) is 6.92 Å². The summed E-state index contributed by atoms with van der Waals surface area (Å²) < 4.78 is 9.99. The summed E-state index contributed by atoms with van der Waals surface area (Å²) in [5.41, 5.74) is -1.53. The van der Waals surface area contributed by atoms with Crippen molar-refractivity contribution in [2.24, 2.45) is 10.8 Å². The molecule has 0 aromatic heterocycles. The lowest BCUT2D eigenvalue weighted by Crippen LogP contribution is -2.47. The summed E-state index contributed by atoms with van der Waals surface area (Å²) in [7, 11) is 0. The molecule has 1 amide bonds. The number of carbonyl (C=O) groups is 3. The van der Waals surface area contributed by atoms with Gasteiger partial charge in [0.1, 0.15) is 12.7 Å². The van der Waals surface area contributed by atoms with Gasteiger partial charge in [-0.05, 0) is 33.7 Å². The summed E-state index contributed by atoms with van der Waals surface area (Å²) in [5.74, 6) is -1.19. The summed E-state index contributed by atoms with van der Waals surface area (Å²) in [6, 6.07) is 0. The summed E-state index contributed by atoms with van der Waals surface area (Å²) in [6.45, 7) is 11.8. The molecule has 0 aliphatic heterocycles. The SMILES string of the molecule is CC(=O)OCCNCCCNC(=O)C(O)C(C)(C)COC(=O)C(C)(C)C. The fourth-order valence-electron chi connectivity index (χ4n) is 1.82. The maximum atomic E-state index is 12.1. The molecule has 0 aromatic rings. The lowest BCUT2D eigenvalue weighted by atomic mass is 9.86. The van der Waals surface area contributed by atoms with E-state index in [9.17, 15) is 19.5 Å².